The van der Waals surface area contributed by atoms with E-state index in [1.54, 1.807) is 13.2 Å². The zero-order valence-corrected chi connectivity index (χ0v) is 11.5. The van der Waals surface area contributed by atoms with Gasteiger partial charge in [-0.3, -0.25) is 4.79 Å². The highest BCUT2D eigenvalue weighted by Gasteiger charge is 2.18. The van der Waals surface area contributed by atoms with E-state index in [1.165, 1.54) is 0 Å². The molecule has 0 radical (unpaired) electrons. The molecule has 1 atom stereocenters. The second-order valence-corrected chi connectivity index (χ2v) is 4.76. The van der Waals surface area contributed by atoms with Gasteiger partial charge in [0.05, 0.1) is 12.7 Å². The number of methoxy groups -OCH3 is 1. The molecule has 0 saturated heterocycles. The van der Waals surface area contributed by atoms with E-state index in [0.29, 0.717) is 23.8 Å². The summed E-state index contributed by atoms with van der Waals surface area (Å²) in [4.78, 5) is 12.2. The van der Waals surface area contributed by atoms with E-state index in [0.717, 1.165) is 5.56 Å². The van der Waals surface area contributed by atoms with E-state index >= 15 is 0 Å². The molecule has 1 rings (SSSR count). The first-order valence-corrected chi connectivity index (χ1v) is 6.15. The van der Waals surface area contributed by atoms with Crippen molar-refractivity contribution in [2.45, 2.75) is 26.8 Å². The van der Waals surface area contributed by atoms with Crippen molar-refractivity contribution in [1.82, 2.24) is 5.32 Å². The third-order valence-corrected chi connectivity index (χ3v) is 2.97. The lowest BCUT2D eigenvalue weighted by molar-refractivity contribution is 0.0924. The quantitative estimate of drug-likeness (QED) is 0.836. The third-order valence-electron chi connectivity index (χ3n) is 2.97. The summed E-state index contributed by atoms with van der Waals surface area (Å²) in [5.41, 5.74) is 7.23. The van der Waals surface area contributed by atoms with Crippen LogP contribution in [0.5, 0.6) is 5.75 Å². The summed E-state index contributed by atoms with van der Waals surface area (Å²) in [6.07, 6.45) is 0. The molecule has 4 heteroatoms. The predicted molar refractivity (Wildman–Crippen MR) is 72.9 cm³/mol. The molecule has 0 aliphatic rings. The molecule has 0 heterocycles. The monoisotopic (exact) mass is 250 g/mol. The van der Waals surface area contributed by atoms with Crippen LogP contribution in [0.2, 0.25) is 0 Å². The van der Waals surface area contributed by atoms with E-state index in [9.17, 15) is 4.79 Å². The topological polar surface area (TPSA) is 64.3 Å². The maximum absolute atomic E-state index is 12.2. The van der Waals surface area contributed by atoms with Crippen LogP contribution in [0, 0.1) is 12.8 Å². The number of carbonyl (C=O) groups excluding carboxylic acids is 1. The molecular weight excluding hydrogens is 228 g/mol. The number of hydrogen-bond acceptors (Lipinski definition) is 3. The first kappa shape index (κ1) is 14.5. The van der Waals surface area contributed by atoms with Crippen molar-refractivity contribution in [3.63, 3.8) is 0 Å². The van der Waals surface area contributed by atoms with Crippen molar-refractivity contribution < 1.29 is 9.53 Å². The molecule has 0 spiro atoms. The molecule has 0 aliphatic carbocycles. The number of hydrogen-bond donors (Lipinski definition) is 2. The number of amides is 1. The van der Waals surface area contributed by atoms with Crippen LogP contribution in [0.15, 0.2) is 18.2 Å². The molecule has 1 amide bonds. The number of rotatable bonds is 5. The van der Waals surface area contributed by atoms with Crippen LogP contribution >= 0.6 is 0 Å². The summed E-state index contributed by atoms with van der Waals surface area (Å²) in [5.74, 6) is 0.743. The second-order valence-electron chi connectivity index (χ2n) is 4.76. The van der Waals surface area contributed by atoms with Crippen LogP contribution in [0.4, 0.5) is 0 Å². The van der Waals surface area contributed by atoms with Gasteiger partial charge in [-0.15, -0.1) is 0 Å². The van der Waals surface area contributed by atoms with E-state index in [2.05, 4.69) is 5.32 Å². The van der Waals surface area contributed by atoms with Crippen molar-refractivity contribution >= 4 is 5.91 Å². The summed E-state index contributed by atoms with van der Waals surface area (Å²) < 4.78 is 5.21. The highest BCUT2D eigenvalue weighted by Crippen LogP contribution is 2.19. The first-order valence-electron chi connectivity index (χ1n) is 6.15. The van der Waals surface area contributed by atoms with Crippen molar-refractivity contribution in [3.05, 3.63) is 29.3 Å². The Hall–Kier alpha value is -1.55. The summed E-state index contributed by atoms with van der Waals surface area (Å²) in [7, 11) is 1.56. The summed E-state index contributed by atoms with van der Waals surface area (Å²) in [5, 5.41) is 2.94. The van der Waals surface area contributed by atoms with Crippen LogP contribution in [0.1, 0.15) is 29.8 Å². The maximum Gasteiger partial charge on any atom is 0.255 e. The zero-order chi connectivity index (χ0) is 13.7. The van der Waals surface area contributed by atoms with Crippen LogP contribution < -0.4 is 15.8 Å². The Bertz CT molecular complexity index is 416. The van der Waals surface area contributed by atoms with Gasteiger partial charge in [0, 0.05) is 12.6 Å². The van der Waals surface area contributed by atoms with Crippen molar-refractivity contribution in [1.29, 1.82) is 0 Å². The molecule has 1 aromatic rings. The fraction of sp³-hybridized carbons (Fsp3) is 0.500. The lowest BCUT2D eigenvalue weighted by atomic mass is 10.0. The normalized spacial score (nSPS) is 12.3. The van der Waals surface area contributed by atoms with E-state index in [1.807, 2.05) is 32.9 Å². The summed E-state index contributed by atoms with van der Waals surface area (Å²) in [6.45, 7) is 6.44. The van der Waals surface area contributed by atoms with Crippen molar-refractivity contribution in [2.24, 2.45) is 11.7 Å². The minimum absolute atomic E-state index is 0.0253. The van der Waals surface area contributed by atoms with Crippen molar-refractivity contribution in [2.75, 3.05) is 13.7 Å². The van der Waals surface area contributed by atoms with Gasteiger partial charge in [0.25, 0.3) is 5.91 Å². The average Bonchev–Trinajstić information content (AvgIpc) is 2.35. The molecule has 0 aromatic heterocycles. The Labute approximate surface area is 109 Å². The molecule has 0 saturated carbocycles. The average molecular weight is 250 g/mol. The summed E-state index contributed by atoms with van der Waals surface area (Å²) in [6, 6.07) is 5.51. The van der Waals surface area contributed by atoms with E-state index in [-0.39, 0.29) is 11.9 Å². The minimum Gasteiger partial charge on any atom is -0.496 e. The number of nitrogens with one attached hydrogen (secondary N) is 1. The lowest BCUT2D eigenvalue weighted by Gasteiger charge is -2.21. The third kappa shape index (κ3) is 3.47. The molecule has 0 aliphatic heterocycles. The van der Waals surface area contributed by atoms with Gasteiger partial charge in [0.2, 0.25) is 0 Å². The fourth-order valence-corrected chi connectivity index (χ4v) is 1.74. The Kier molecular flexibility index (Phi) is 5.16. The molecule has 1 unspecified atom stereocenters. The molecular formula is C14H22N2O2. The highest BCUT2D eigenvalue weighted by atomic mass is 16.5. The molecule has 0 fully saturated rings. The van der Waals surface area contributed by atoms with Gasteiger partial charge in [-0.05, 0) is 25.0 Å². The molecule has 100 valence electrons. The van der Waals surface area contributed by atoms with E-state index < -0.39 is 0 Å². The molecule has 3 N–H and O–H groups in total. The minimum atomic E-state index is -0.139. The van der Waals surface area contributed by atoms with Gasteiger partial charge in [0.15, 0.2) is 0 Å². The van der Waals surface area contributed by atoms with Crippen molar-refractivity contribution in [3.8, 4) is 5.75 Å². The Morgan fingerprint density at radius 1 is 1.44 bits per heavy atom. The predicted octanol–water partition coefficient (Wildman–Crippen LogP) is 1.72. The van der Waals surface area contributed by atoms with Gasteiger partial charge in [-0.25, -0.2) is 0 Å². The van der Waals surface area contributed by atoms with Gasteiger partial charge < -0.3 is 15.8 Å². The van der Waals surface area contributed by atoms with Gasteiger partial charge in [-0.1, -0.05) is 25.5 Å². The van der Waals surface area contributed by atoms with Crippen LogP contribution in [-0.4, -0.2) is 25.6 Å². The lowest BCUT2D eigenvalue weighted by Crippen LogP contribution is -2.43. The van der Waals surface area contributed by atoms with Crippen LogP contribution in [0.3, 0.4) is 0 Å². The van der Waals surface area contributed by atoms with Gasteiger partial charge >= 0.3 is 0 Å². The molecule has 18 heavy (non-hydrogen) atoms. The van der Waals surface area contributed by atoms with Gasteiger partial charge in [0.1, 0.15) is 5.75 Å². The standard InChI is InChI=1S/C14H22N2O2/c1-9(2)12(8-15)16-14(17)11-7-10(3)5-6-13(11)18-4/h5-7,9,12H,8,15H2,1-4H3,(H,16,17). The van der Waals surface area contributed by atoms with Crippen LogP contribution in [0.25, 0.3) is 0 Å². The zero-order valence-electron chi connectivity index (χ0n) is 11.5. The number of benzene rings is 1. The van der Waals surface area contributed by atoms with E-state index in [4.69, 9.17) is 10.5 Å². The molecule has 1 aromatic carbocycles. The highest BCUT2D eigenvalue weighted by molar-refractivity contribution is 5.97. The number of aryl methyl sites for hydroxylation is 1. The van der Waals surface area contributed by atoms with Gasteiger partial charge in [-0.2, -0.15) is 0 Å². The Morgan fingerprint density at radius 2 is 2.11 bits per heavy atom. The largest absolute Gasteiger partial charge is 0.496 e. The number of ether oxygens (including phenoxy) is 1. The Balaban J connectivity index is 2.92. The maximum atomic E-state index is 12.2. The fourth-order valence-electron chi connectivity index (χ4n) is 1.74. The first-order chi connectivity index (χ1) is 8.49. The Morgan fingerprint density at radius 3 is 2.61 bits per heavy atom. The number of carbonyl (C=O) groups is 1. The SMILES string of the molecule is COc1ccc(C)cc1C(=O)NC(CN)C(C)C. The summed E-state index contributed by atoms with van der Waals surface area (Å²) >= 11 is 0. The molecule has 4 nitrogen and oxygen atoms in total. The molecule has 0 bridgehead atoms. The number of nitrogens with two attached hydrogens (primary N) is 1. The second kappa shape index (κ2) is 6.40. The smallest absolute Gasteiger partial charge is 0.255 e. The van der Waals surface area contributed by atoms with Crippen LogP contribution in [-0.2, 0) is 0 Å².